The molecule has 1 rings (SSSR count). The Morgan fingerprint density at radius 1 is 1.75 bits per heavy atom. The first-order valence-electron chi connectivity index (χ1n) is 5.17. The van der Waals surface area contributed by atoms with E-state index in [1.54, 1.807) is 6.20 Å². The van der Waals surface area contributed by atoms with Crippen molar-refractivity contribution in [1.82, 2.24) is 10.6 Å². The third kappa shape index (κ3) is 3.24. The lowest BCUT2D eigenvalue weighted by molar-refractivity contribution is -0.114. The quantitative estimate of drug-likeness (QED) is 0.542. The first kappa shape index (κ1) is 12.0. The van der Waals surface area contributed by atoms with Gasteiger partial charge in [0.15, 0.2) is 5.71 Å². The van der Waals surface area contributed by atoms with Crippen LogP contribution in [-0.4, -0.2) is 18.2 Å². The Balaban J connectivity index is 2.66. The summed E-state index contributed by atoms with van der Waals surface area (Å²) in [6.45, 7) is 2.67. The molecule has 0 spiro atoms. The second-order valence-corrected chi connectivity index (χ2v) is 3.23. The summed E-state index contributed by atoms with van der Waals surface area (Å²) in [6, 6.07) is 1.87. The molecule has 0 aromatic heterocycles. The molecule has 0 aromatic rings. The van der Waals surface area contributed by atoms with Crippen LogP contribution < -0.4 is 10.6 Å². The third-order valence-corrected chi connectivity index (χ3v) is 2.01. The van der Waals surface area contributed by atoms with E-state index in [0.717, 1.165) is 12.8 Å². The van der Waals surface area contributed by atoms with Gasteiger partial charge in [-0.3, -0.25) is 4.79 Å². The minimum atomic E-state index is -0.258. The molecule has 84 valence electrons. The van der Waals surface area contributed by atoms with E-state index in [0.29, 0.717) is 12.2 Å². The van der Waals surface area contributed by atoms with Gasteiger partial charge in [0.05, 0.1) is 11.8 Å². The Bertz CT molecular complexity index is 387. The molecule has 0 bridgehead atoms. The predicted octanol–water partition coefficient (Wildman–Crippen LogP) is 0.826. The van der Waals surface area contributed by atoms with Crippen molar-refractivity contribution in [2.45, 2.75) is 19.8 Å². The number of carbonyl (C=O) groups excluding carboxylic acids is 1. The molecule has 0 aromatic carbocycles. The summed E-state index contributed by atoms with van der Waals surface area (Å²) in [5, 5.41) is 14.1. The molecule has 0 unspecified atom stereocenters. The number of unbranched alkanes of at least 4 members (excludes halogenated alkanes) is 1. The maximum atomic E-state index is 11.7. The van der Waals surface area contributed by atoms with Crippen molar-refractivity contribution in [3.05, 3.63) is 24.2 Å². The van der Waals surface area contributed by atoms with Crippen LogP contribution in [0.1, 0.15) is 19.8 Å². The van der Waals surface area contributed by atoms with Crippen molar-refractivity contribution < 1.29 is 4.79 Å². The minimum Gasteiger partial charge on any atom is -0.358 e. The lowest BCUT2D eigenvalue weighted by Gasteiger charge is -2.12. The fourth-order valence-electron chi connectivity index (χ4n) is 1.19. The molecule has 1 aliphatic heterocycles. The molecule has 16 heavy (non-hydrogen) atoms. The van der Waals surface area contributed by atoms with Crippen LogP contribution in [0.25, 0.3) is 0 Å². The van der Waals surface area contributed by atoms with E-state index in [-0.39, 0.29) is 11.6 Å². The first-order chi connectivity index (χ1) is 7.79. The molecule has 1 aliphatic rings. The van der Waals surface area contributed by atoms with Gasteiger partial charge in [-0.2, -0.15) is 5.26 Å². The van der Waals surface area contributed by atoms with Crippen molar-refractivity contribution in [1.29, 1.82) is 5.26 Å². The van der Waals surface area contributed by atoms with E-state index in [1.165, 1.54) is 12.3 Å². The molecule has 5 nitrogen and oxygen atoms in total. The summed E-state index contributed by atoms with van der Waals surface area (Å²) in [5.41, 5.74) is 0.680. The molecule has 0 saturated heterocycles. The zero-order valence-electron chi connectivity index (χ0n) is 9.16. The summed E-state index contributed by atoms with van der Waals surface area (Å²) in [7, 11) is 0. The van der Waals surface area contributed by atoms with E-state index in [2.05, 4.69) is 22.5 Å². The average Bonchev–Trinajstić information content (AvgIpc) is 2.30. The number of hydrogen-bond acceptors (Lipinski definition) is 4. The van der Waals surface area contributed by atoms with Crippen LogP contribution in [0.15, 0.2) is 29.2 Å². The summed E-state index contributed by atoms with van der Waals surface area (Å²) < 4.78 is 0. The molecule has 0 fully saturated rings. The molecule has 5 heteroatoms. The van der Waals surface area contributed by atoms with Crippen LogP contribution in [-0.2, 0) is 4.79 Å². The maximum Gasteiger partial charge on any atom is 0.272 e. The van der Waals surface area contributed by atoms with Crippen molar-refractivity contribution in [2.75, 3.05) is 6.54 Å². The van der Waals surface area contributed by atoms with Crippen LogP contribution in [0, 0.1) is 11.3 Å². The number of nitrogens with zero attached hydrogens (tertiary/aromatic N) is 2. The number of amides is 1. The van der Waals surface area contributed by atoms with Gasteiger partial charge in [-0.25, -0.2) is 4.99 Å². The number of nitriles is 1. The number of carbonyl (C=O) groups is 1. The highest BCUT2D eigenvalue weighted by molar-refractivity contribution is 6.45. The first-order valence-corrected chi connectivity index (χ1v) is 5.17. The van der Waals surface area contributed by atoms with Crippen LogP contribution in [0.4, 0.5) is 0 Å². The number of aliphatic imine (C=N–C) groups is 1. The molecule has 1 heterocycles. The molecule has 2 N–H and O–H groups in total. The Morgan fingerprint density at radius 2 is 2.56 bits per heavy atom. The highest BCUT2D eigenvalue weighted by Crippen LogP contribution is 2.01. The van der Waals surface area contributed by atoms with Gasteiger partial charge in [-0.15, -0.1) is 0 Å². The van der Waals surface area contributed by atoms with Crippen LogP contribution >= 0.6 is 0 Å². The van der Waals surface area contributed by atoms with Crippen molar-refractivity contribution in [3.8, 4) is 6.07 Å². The zero-order chi connectivity index (χ0) is 11.8. The average molecular weight is 218 g/mol. The lowest BCUT2D eigenvalue weighted by atomic mass is 10.2. The Labute approximate surface area is 94.6 Å². The van der Waals surface area contributed by atoms with Crippen molar-refractivity contribution in [3.63, 3.8) is 0 Å². The highest BCUT2D eigenvalue weighted by atomic mass is 16.1. The summed E-state index contributed by atoms with van der Waals surface area (Å²) in [5.74, 6) is -0.258. The van der Waals surface area contributed by atoms with E-state index < -0.39 is 0 Å². The Morgan fingerprint density at radius 3 is 3.25 bits per heavy atom. The van der Waals surface area contributed by atoms with E-state index in [9.17, 15) is 4.79 Å². The van der Waals surface area contributed by atoms with Crippen LogP contribution in [0.2, 0.25) is 0 Å². The molecule has 1 amide bonds. The van der Waals surface area contributed by atoms with Gasteiger partial charge >= 0.3 is 0 Å². The summed E-state index contributed by atoms with van der Waals surface area (Å²) >= 11 is 0. The topological polar surface area (TPSA) is 77.3 Å². The van der Waals surface area contributed by atoms with E-state index in [4.69, 9.17) is 5.26 Å². The standard InChI is InChI=1S/C11H14N4O/c1-2-3-6-15-11(16)10-9(4-5-12)13-7-8-14-10/h4,7-8,13H,2-3,6H2,1H3,(H,15,16)/b9-4-. The number of hydrogen-bond donors (Lipinski definition) is 2. The van der Waals surface area contributed by atoms with Gasteiger partial charge in [0, 0.05) is 25.0 Å². The van der Waals surface area contributed by atoms with Crippen molar-refractivity contribution in [2.24, 2.45) is 4.99 Å². The SMILES string of the molecule is CCCCNC(=O)C1=NC=CN/C1=C\C#N. The van der Waals surface area contributed by atoms with Gasteiger partial charge in [0.25, 0.3) is 5.91 Å². The summed E-state index contributed by atoms with van der Waals surface area (Å²) in [6.07, 6.45) is 6.28. The molecular weight excluding hydrogens is 204 g/mol. The number of nitrogens with one attached hydrogen (secondary N) is 2. The number of allylic oxidation sites excluding steroid dienone is 1. The van der Waals surface area contributed by atoms with Crippen LogP contribution in [0.5, 0.6) is 0 Å². The second kappa shape index (κ2) is 6.40. The van der Waals surface area contributed by atoms with Gasteiger partial charge < -0.3 is 10.6 Å². The Hall–Kier alpha value is -2.09. The zero-order valence-corrected chi connectivity index (χ0v) is 9.16. The van der Waals surface area contributed by atoms with E-state index in [1.807, 2.05) is 6.07 Å². The third-order valence-electron chi connectivity index (χ3n) is 2.01. The smallest absolute Gasteiger partial charge is 0.272 e. The van der Waals surface area contributed by atoms with Gasteiger partial charge in [-0.05, 0) is 6.42 Å². The van der Waals surface area contributed by atoms with E-state index >= 15 is 0 Å². The second-order valence-electron chi connectivity index (χ2n) is 3.23. The minimum absolute atomic E-state index is 0.250. The molecule has 0 radical (unpaired) electrons. The molecular formula is C11H14N4O. The van der Waals surface area contributed by atoms with Gasteiger partial charge in [0.1, 0.15) is 0 Å². The normalized spacial score (nSPS) is 16.2. The number of rotatable bonds is 4. The van der Waals surface area contributed by atoms with Gasteiger partial charge in [-0.1, -0.05) is 13.3 Å². The fourth-order valence-corrected chi connectivity index (χ4v) is 1.19. The maximum absolute atomic E-state index is 11.7. The van der Waals surface area contributed by atoms with Gasteiger partial charge in [0.2, 0.25) is 0 Å². The van der Waals surface area contributed by atoms with Crippen LogP contribution in [0.3, 0.4) is 0 Å². The predicted molar refractivity (Wildman–Crippen MR) is 61.3 cm³/mol. The molecule has 0 aliphatic carbocycles. The molecule has 0 atom stereocenters. The van der Waals surface area contributed by atoms with Crippen molar-refractivity contribution >= 4 is 11.6 Å². The Kier molecular flexibility index (Phi) is 4.80. The lowest BCUT2D eigenvalue weighted by Crippen LogP contribution is -2.36. The highest BCUT2D eigenvalue weighted by Gasteiger charge is 2.16. The molecule has 0 saturated carbocycles. The summed E-state index contributed by atoms with van der Waals surface area (Å²) in [4.78, 5) is 15.6. The fraction of sp³-hybridized carbons (Fsp3) is 0.364. The largest absolute Gasteiger partial charge is 0.358 e. The monoisotopic (exact) mass is 218 g/mol.